The monoisotopic (exact) mass is 652 g/mol. The molecule has 2 heterocycles. The summed E-state index contributed by atoms with van der Waals surface area (Å²) in [5.41, 5.74) is 10.4. The molecule has 0 fully saturated rings. The standard InChI is InChI=1S/C47H32N4/c1-47(2)42-15-9-8-14-37(42)41-27-39-36-21-20-33(26-38(36)34-12-6-7-13-35(34)40(39)28-43(41)47)46-50-44(31-10-4-3-5-11-31)49-45(51-46)32-18-16-29(17-19-32)30-22-24-48-25-23-30/h3-28H,1-2H3. The van der Waals surface area contributed by atoms with Crippen LogP contribution in [0.4, 0.5) is 0 Å². The third-order valence-electron chi connectivity index (χ3n) is 10.6. The molecule has 7 aromatic carbocycles. The van der Waals surface area contributed by atoms with Crippen LogP contribution in [0, 0.1) is 0 Å². The van der Waals surface area contributed by atoms with E-state index in [9.17, 15) is 0 Å². The van der Waals surface area contributed by atoms with Crippen LogP contribution in [0.25, 0.3) is 88.7 Å². The maximum absolute atomic E-state index is 5.11. The van der Waals surface area contributed by atoms with E-state index in [1.807, 2.05) is 54.9 Å². The van der Waals surface area contributed by atoms with Crippen LogP contribution in [-0.4, -0.2) is 19.9 Å². The molecule has 240 valence electrons. The Morgan fingerprint density at radius 3 is 1.59 bits per heavy atom. The fraction of sp³-hybridized carbons (Fsp3) is 0.0638. The van der Waals surface area contributed by atoms with E-state index in [1.54, 1.807) is 0 Å². The lowest BCUT2D eigenvalue weighted by Crippen LogP contribution is -2.14. The summed E-state index contributed by atoms with van der Waals surface area (Å²) in [5, 5.41) is 7.43. The van der Waals surface area contributed by atoms with Crippen LogP contribution in [0.3, 0.4) is 0 Å². The molecule has 0 radical (unpaired) electrons. The number of aromatic nitrogens is 4. The molecule has 0 saturated heterocycles. The molecule has 10 rings (SSSR count). The maximum atomic E-state index is 5.11. The highest BCUT2D eigenvalue weighted by atomic mass is 15.0. The van der Waals surface area contributed by atoms with E-state index >= 15 is 0 Å². The molecule has 1 aliphatic carbocycles. The van der Waals surface area contributed by atoms with Crippen molar-refractivity contribution in [3.05, 3.63) is 169 Å². The number of hydrogen-bond donors (Lipinski definition) is 0. The number of nitrogens with zero attached hydrogens (tertiary/aromatic N) is 4. The van der Waals surface area contributed by atoms with Crippen molar-refractivity contribution in [2.45, 2.75) is 19.3 Å². The molecule has 4 nitrogen and oxygen atoms in total. The van der Waals surface area contributed by atoms with Gasteiger partial charge in [0.05, 0.1) is 0 Å². The Hall–Kier alpha value is -6.52. The number of hydrogen-bond acceptors (Lipinski definition) is 4. The van der Waals surface area contributed by atoms with Gasteiger partial charge in [-0.2, -0.15) is 0 Å². The zero-order valence-electron chi connectivity index (χ0n) is 28.3. The predicted molar refractivity (Wildman–Crippen MR) is 209 cm³/mol. The summed E-state index contributed by atoms with van der Waals surface area (Å²) < 4.78 is 0. The summed E-state index contributed by atoms with van der Waals surface area (Å²) in [7, 11) is 0. The molecule has 0 saturated carbocycles. The van der Waals surface area contributed by atoms with Gasteiger partial charge >= 0.3 is 0 Å². The van der Waals surface area contributed by atoms with Crippen molar-refractivity contribution in [2.24, 2.45) is 0 Å². The van der Waals surface area contributed by atoms with Crippen molar-refractivity contribution in [2.75, 3.05) is 0 Å². The Morgan fingerprint density at radius 2 is 0.863 bits per heavy atom. The summed E-state index contributed by atoms with van der Waals surface area (Å²) in [6.07, 6.45) is 3.63. The molecule has 1 aliphatic rings. The lowest BCUT2D eigenvalue weighted by atomic mass is 9.81. The van der Waals surface area contributed by atoms with Gasteiger partial charge in [-0.3, -0.25) is 4.98 Å². The van der Waals surface area contributed by atoms with Crippen LogP contribution in [0.15, 0.2) is 158 Å². The van der Waals surface area contributed by atoms with E-state index in [4.69, 9.17) is 15.0 Å². The Labute approximate surface area is 296 Å². The Kier molecular flexibility index (Phi) is 6.49. The molecule has 0 unspecified atom stereocenters. The Bertz CT molecular complexity index is 2810. The van der Waals surface area contributed by atoms with Gasteiger partial charge in [-0.15, -0.1) is 0 Å². The normalized spacial score (nSPS) is 13.1. The minimum Gasteiger partial charge on any atom is -0.265 e. The molecule has 0 N–H and O–H groups in total. The highest BCUT2D eigenvalue weighted by Crippen LogP contribution is 2.51. The molecule has 0 amide bonds. The van der Waals surface area contributed by atoms with Crippen LogP contribution in [-0.2, 0) is 5.41 Å². The van der Waals surface area contributed by atoms with Crippen LogP contribution in [0.1, 0.15) is 25.0 Å². The van der Waals surface area contributed by atoms with E-state index < -0.39 is 0 Å². The smallest absolute Gasteiger partial charge is 0.164 e. The third kappa shape index (κ3) is 4.68. The van der Waals surface area contributed by atoms with Gasteiger partial charge in [-0.25, -0.2) is 15.0 Å². The van der Waals surface area contributed by atoms with Gasteiger partial charge in [-0.1, -0.05) is 129 Å². The first kappa shape index (κ1) is 29.4. The van der Waals surface area contributed by atoms with E-state index in [2.05, 4.69) is 122 Å². The molecular formula is C47H32N4. The van der Waals surface area contributed by atoms with E-state index in [-0.39, 0.29) is 5.41 Å². The van der Waals surface area contributed by atoms with Crippen LogP contribution >= 0.6 is 0 Å². The SMILES string of the molecule is CC1(C)c2ccccc2-c2cc3c4ccc(-c5nc(-c6ccccc6)nc(-c6ccc(-c7ccncc7)cc6)n5)cc4c4ccccc4c3cc21. The van der Waals surface area contributed by atoms with Gasteiger partial charge in [-0.05, 0) is 96.0 Å². The Morgan fingerprint density at radius 1 is 0.353 bits per heavy atom. The average Bonchev–Trinajstić information content (AvgIpc) is 3.43. The molecular weight excluding hydrogens is 621 g/mol. The molecule has 0 bridgehead atoms. The minimum atomic E-state index is -0.0633. The number of benzene rings is 7. The molecule has 4 heteroatoms. The second-order valence-electron chi connectivity index (χ2n) is 13.9. The first-order chi connectivity index (χ1) is 25.0. The fourth-order valence-corrected chi connectivity index (χ4v) is 7.99. The van der Waals surface area contributed by atoms with Gasteiger partial charge in [0.15, 0.2) is 17.5 Å². The number of rotatable bonds is 4. The molecule has 0 spiro atoms. The molecule has 9 aromatic rings. The highest BCUT2D eigenvalue weighted by molar-refractivity contribution is 6.26. The highest BCUT2D eigenvalue weighted by Gasteiger charge is 2.35. The number of pyridine rings is 1. The summed E-state index contributed by atoms with van der Waals surface area (Å²) >= 11 is 0. The Balaban J connectivity index is 1.17. The second kappa shape index (κ2) is 11.3. The quantitative estimate of drug-likeness (QED) is 0.178. The topological polar surface area (TPSA) is 51.6 Å². The predicted octanol–water partition coefficient (Wildman–Crippen LogP) is 11.7. The minimum absolute atomic E-state index is 0.0633. The molecule has 0 atom stereocenters. The van der Waals surface area contributed by atoms with E-state index in [0.29, 0.717) is 17.5 Å². The molecule has 51 heavy (non-hydrogen) atoms. The van der Waals surface area contributed by atoms with Crippen LogP contribution < -0.4 is 0 Å². The van der Waals surface area contributed by atoms with Crippen molar-refractivity contribution in [1.82, 2.24) is 19.9 Å². The first-order valence-electron chi connectivity index (χ1n) is 17.4. The lowest BCUT2D eigenvalue weighted by molar-refractivity contribution is 0.661. The van der Waals surface area contributed by atoms with Gasteiger partial charge in [0.1, 0.15) is 0 Å². The fourth-order valence-electron chi connectivity index (χ4n) is 7.99. The van der Waals surface area contributed by atoms with E-state index in [0.717, 1.165) is 27.8 Å². The second-order valence-corrected chi connectivity index (χ2v) is 13.9. The van der Waals surface area contributed by atoms with Gasteiger partial charge in [0.25, 0.3) is 0 Å². The zero-order chi connectivity index (χ0) is 34.1. The lowest BCUT2D eigenvalue weighted by Gasteiger charge is -2.22. The van der Waals surface area contributed by atoms with Crippen molar-refractivity contribution in [3.63, 3.8) is 0 Å². The average molecular weight is 653 g/mol. The van der Waals surface area contributed by atoms with Crippen molar-refractivity contribution in [3.8, 4) is 56.4 Å². The maximum Gasteiger partial charge on any atom is 0.164 e. The van der Waals surface area contributed by atoms with Crippen LogP contribution in [0.5, 0.6) is 0 Å². The van der Waals surface area contributed by atoms with Gasteiger partial charge in [0, 0.05) is 34.5 Å². The summed E-state index contributed by atoms with van der Waals surface area (Å²) in [4.78, 5) is 19.3. The third-order valence-corrected chi connectivity index (χ3v) is 10.6. The molecule has 2 aromatic heterocycles. The van der Waals surface area contributed by atoms with E-state index in [1.165, 1.54) is 54.6 Å². The number of fused-ring (bicyclic) bond motifs is 9. The van der Waals surface area contributed by atoms with Gasteiger partial charge < -0.3 is 0 Å². The van der Waals surface area contributed by atoms with Crippen molar-refractivity contribution >= 4 is 32.3 Å². The first-order valence-corrected chi connectivity index (χ1v) is 17.4. The molecule has 0 aliphatic heterocycles. The van der Waals surface area contributed by atoms with Gasteiger partial charge in [0.2, 0.25) is 0 Å². The zero-order valence-corrected chi connectivity index (χ0v) is 28.3. The van der Waals surface area contributed by atoms with Crippen molar-refractivity contribution in [1.29, 1.82) is 0 Å². The van der Waals surface area contributed by atoms with Crippen LogP contribution in [0.2, 0.25) is 0 Å². The largest absolute Gasteiger partial charge is 0.265 e. The summed E-state index contributed by atoms with van der Waals surface area (Å²) in [6.45, 7) is 4.70. The summed E-state index contributed by atoms with van der Waals surface area (Å²) in [6, 6.07) is 51.8. The summed E-state index contributed by atoms with van der Waals surface area (Å²) in [5.74, 6) is 1.93. The van der Waals surface area contributed by atoms with Crippen molar-refractivity contribution < 1.29 is 0 Å².